The second kappa shape index (κ2) is 9.55. The van der Waals surface area contributed by atoms with Crippen molar-refractivity contribution in [3.8, 4) is 17.4 Å². The lowest BCUT2D eigenvalue weighted by Gasteiger charge is -2.20. The lowest BCUT2D eigenvalue weighted by molar-refractivity contribution is 0.398. The van der Waals surface area contributed by atoms with Crippen molar-refractivity contribution in [3.05, 3.63) is 60.0 Å². The van der Waals surface area contributed by atoms with Crippen LogP contribution in [0, 0.1) is 6.92 Å². The average Bonchev–Trinajstić information content (AvgIpc) is 3.49. The number of hydrogen-bond donors (Lipinski definition) is 1. The van der Waals surface area contributed by atoms with E-state index in [1.165, 1.54) is 13.4 Å². The predicted octanol–water partition coefficient (Wildman–Crippen LogP) is 2.42. The summed E-state index contributed by atoms with van der Waals surface area (Å²) in [5.74, 6) is 0.711. The van der Waals surface area contributed by atoms with Gasteiger partial charge in [0.15, 0.2) is 5.82 Å². The molecular formula is C21H24N8O4S. The van der Waals surface area contributed by atoms with Gasteiger partial charge in [0.1, 0.15) is 23.5 Å². The van der Waals surface area contributed by atoms with E-state index in [-0.39, 0.29) is 12.5 Å². The highest BCUT2D eigenvalue weighted by Crippen LogP contribution is 2.26. The molecular weight excluding hydrogens is 460 g/mol. The van der Waals surface area contributed by atoms with Gasteiger partial charge in [-0.2, -0.15) is 0 Å². The number of anilines is 1. The number of sulfonamides is 1. The minimum Gasteiger partial charge on any atom is -0.481 e. The number of aromatic nitrogens is 7. The van der Waals surface area contributed by atoms with E-state index in [2.05, 4.69) is 35.0 Å². The second-order valence-electron chi connectivity index (χ2n) is 7.75. The molecule has 0 aliphatic heterocycles. The van der Waals surface area contributed by atoms with E-state index in [1.54, 1.807) is 55.1 Å². The van der Waals surface area contributed by atoms with E-state index in [9.17, 15) is 8.42 Å². The van der Waals surface area contributed by atoms with Crippen LogP contribution in [0.25, 0.3) is 11.5 Å². The molecule has 4 aromatic heterocycles. The van der Waals surface area contributed by atoms with Gasteiger partial charge in [-0.25, -0.2) is 23.4 Å². The summed E-state index contributed by atoms with van der Waals surface area (Å²) in [5.41, 5.74) is 1.90. The molecule has 0 aliphatic carbocycles. The first-order valence-corrected chi connectivity index (χ1v) is 12.0. The van der Waals surface area contributed by atoms with E-state index in [0.29, 0.717) is 28.9 Å². The van der Waals surface area contributed by atoms with Crippen molar-refractivity contribution in [2.45, 2.75) is 38.5 Å². The average molecular weight is 485 g/mol. The number of pyridine rings is 1. The Morgan fingerprint density at radius 3 is 2.59 bits per heavy atom. The Bertz CT molecular complexity index is 1350. The van der Waals surface area contributed by atoms with Gasteiger partial charge >= 0.3 is 0 Å². The molecule has 4 heterocycles. The maximum absolute atomic E-state index is 13.3. The summed E-state index contributed by atoms with van der Waals surface area (Å²) in [6.07, 6.45) is 4.75. The van der Waals surface area contributed by atoms with Crippen LogP contribution in [-0.4, -0.2) is 55.7 Å². The summed E-state index contributed by atoms with van der Waals surface area (Å²) >= 11 is 0. The molecule has 0 bridgehead atoms. The lowest BCUT2D eigenvalue weighted by Crippen LogP contribution is -2.31. The molecule has 4 rings (SSSR count). The van der Waals surface area contributed by atoms with E-state index in [1.807, 2.05) is 6.92 Å². The van der Waals surface area contributed by atoms with Gasteiger partial charge in [0.05, 0.1) is 18.9 Å². The summed E-state index contributed by atoms with van der Waals surface area (Å²) in [7, 11) is -2.39. The molecule has 12 nitrogen and oxygen atoms in total. The maximum atomic E-state index is 13.3. The van der Waals surface area contributed by atoms with Crippen LogP contribution in [0.1, 0.15) is 36.8 Å². The number of nitrogens with one attached hydrogen (secondary N) is 1. The van der Waals surface area contributed by atoms with Crippen molar-refractivity contribution in [1.82, 2.24) is 34.9 Å². The van der Waals surface area contributed by atoms with E-state index in [4.69, 9.17) is 9.26 Å². The monoisotopic (exact) mass is 484 g/mol. The smallest absolute Gasteiger partial charge is 0.238 e. The Kier molecular flexibility index (Phi) is 6.54. The quantitative estimate of drug-likeness (QED) is 0.375. The van der Waals surface area contributed by atoms with Gasteiger partial charge in [-0.1, -0.05) is 18.1 Å². The van der Waals surface area contributed by atoms with Crippen LogP contribution in [-0.2, 0) is 16.6 Å². The number of methoxy groups -OCH3 is 1. The third-order valence-electron chi connectivity index (χ3n) is 5.36. The van der Waals surface area contributed by atoms with Crippen LogP contribution >= 0.6 is 0 Å². The van der Waals surface area contributed by atoms with Gasteiger partial charge in [0.25, 0.3) is 0 Å². The van der Waals surface area contributed by atoms with Gasteiger partial charge in [-0.15, -0.1) is 10.2 Å². The fourth-order valence-electron chi connectivity index (χ4n) is 3.19. The molecule has 0 fully saturated rings. The number of rotatable bonds is 9. The first-order valence-electron chi connectivity index (χ1n) is 10.4. The largest absolute Gasteiger partial charge is 0.481 e. The Morgan fingerprint density at radius 2 is 1.91 bits per heavy atom. The highest BCUT2D eigenvalue weighted by molar-refractivity contribution is 7.93. The predicted molar refractivity (Wildman–Crippen MR) is 123 cm³/mol. The summed E-state index contributed by atoms with van der Waals surface area (Å²) in [6.45, 7) is 5.38. The van der Waals surface area contributed by atoms with Crippen LogP contribution in [0.5, 0.6) is 5.88 Å². The van der Waals surface area contributed by atoms with Crippen molar-refractivity contribution in [2.24, 2.45) is 0 Å². The Hall–Kier alpha value is -3.87. The van der Waals surface area contributed by atoms with E-state index < -0.39 is 21.2 Å². The third kappa shape index (κ3) is 4.88. The molecule has 0 radical (unpaired) electrons. The minimum absolute atomic E-state index is 0.0199. The molecule has 0 aliphatic rings. The topological polar surface area (TPSA) is 151 Å². The number of nitrogens with zero attached hydrogens (tertiary/aromatic N) is 7. The van der Waals surface area contributed by atoms with Crippen molar-refractivity contribution >= 4 is 16.0 Å². The summed E-state index contributed by atoms with van der Waals surface area (Å²) in [5, 5.41) is 11.3. The molecule has 0 saturated heterocycles. The first kappa shape index (κ1) is 23.3. The van der Waals surface area contributed by atoms with Crippen molar-refractivity contribution in [2.75, 3.05) is 11.8 Å². The fourth-order valence-corrected chi connectivity index (χ4v) is 4.44. The lowest BCUT2D eigenvalue weighted by atomic mass is 10.1. The molecule has 2 atom stereocenters. The van der Waals surface area contributed by atoms with Crippen LogP contribution in [0.3, 0.4) is 0 Å². The molecule has 0 amide bonds. The van der Waals surface area contributed by atoms with Gasteiger partial charge in [-0.3, -0.25) is 9.29 Å². The van der Waals surface area contributed by atoms with Gasteiger partial charge in [0.2, 0.25) is 21.9 Å². The molecule has 0 spiro atoms. The first-order chi connectivity index (χ1) is 16.3. The fraction of sp³-hybridized carbons (Fsp3) is 0.333. The van der Waals surface area contributed by atoms with Crippen molar-refractivity contribution in [3.63, 3.8) is 0 Å². The number of aryl methyl sites for hydroxylation is 1. The van der Waals surface area contributed by atoms with Crippen LogP contribution in [0.2, 0.25) is 0 Å². The van der Waals surface area contributed by atoms with E-state index in [0.717, 1.165) is 5.56 Å². The maximum Gasteiger partial charge on any atom is 0.238 e. The molecule has 1 N–H and O–H groups in total. The second-order valence-corrected chi connectivity index (χ2v) is 9.79. The molecule has 0 aromatic carbocycles. The van der Waals surface area contributed by atoms with Crippen LogP contribution in [0.4, 0.5) is 5.95 Å². The molecule has 178 valence electrons. The molecule has 13 heteroatoms. The molecule has 4 aromatic rings. The normalized spacial score (nSPS) is 13.4. The van der Waals surface area contributed by atoms with Crippen molar-refractivity contribution in [1.29, 1.82) is 0 Å². The van der Waals surface area contributed by atoms with Gasteiger partial charge in [-0.05, 0) is 25.5 Å². The van der Waals surface area contributed by atoms with Crippen molar-refractivity contribution < 1.29 is 17.7 Å². The highest BCUT2D eigenvalue weighted by Gasteiger charge is 2.31. The molecule has 0 saturated carbocycles. The number of hydrogen-bond acceptors (Lipinski definition) is 10. The summed E-state index contributed by atoms with van der Waals surface area (Å²) < 4.78 is 40.8. The number of ether oxygens (including phenoxy) is 1. The zero-order valence-corrected chi connectivity index (χ0v) is 19.9. The molecule has 2 unspecified atom stereocenters. The van der Waals surface area contributed by atoms with Gasteiger partial charge in [0, 0.05) is 30.4 Å². The Balaban J connectivity index is 1.67. The van der Waals surface area contributed by atoms with Crippen LogP contribution in [0.15, 0.2) is 47.4 Å². The minimum atomic E-state index is -3.90. The standard InChI is InChI=1S/C21H24N8O4S/c1-13-10-22-19(23-11-13)14(2)15(3)34(30,31)28-21-26-25-20(17-6-5-7-18(24-17)32-4)29(21)12-16-8-9-33-27-16/h5-11,14-15H,12H2,1-4H3,(H,26,28). The summed E-state index contributed by atoms with van der Waals surface area (Å²) in [6, 6.07) is 6.84. The highest BCUT2D eigenvalue weighted by atomic mass is 32.2. The molecule has 34 heavy (non-hydrogen) atoms. The SMILES string of the molecule is COc1cccc(-c2nnc(NS(=O)(=O)C(C)C(C)c3ncc(C)cn3)n2Cc2ccon2)n1. The van der Waals surface area contributed by atoms with E-state index >= 15 is 0 Å². The summed E-state index contributed by atoms with van der Waals surface area (Å²) in [4.78, 5) is 12.9. The van der Waals surface area contributed by atoms with Crippen LogP contribution < -0.4 is 9.46 Å². The Labute approximate surface area is 196 Å². The zero-order valence-electron chi connectivity index (χ0n) is 19.1. The van der Waals surface area contributed by atoms with Gasteiger partial charge < -0.3 is 9.26 Å². The Morgan fingerprint density at radius 1 is 1.15 bits per heavy atom. The zero-order chi connectivity index (χ0) is 24.3. The third-order valence-corrected chi connectivity index (χ3v) is 7.21.